The molecule has 0 amide bonds. The normalized spacial score (nSPS) is 10.8. The number of nitrogens with zero attached hydrogens (tertiary/aromatic N) is 4. The van der Waals surface area contributed by atoms with Gasteiger partial charge in [0.25, 0.3) is 5.56 Å². The number of pyridine rings is 1. The summed E-state index contributed by atoms with van der Waals surface area (Å²) in [6, 6.07) is 7.52. The molecule has 8 heteroatoms. The van der Waals surface area contributed by atoms with Gasteiger partial charge >= 0.3 is 5.69 Å². The van der Waals surface area contributed by atoms with Crippen molar-refractivity contribution in [3.8, 4) is 23.1 Å². The number of rotatable bonds is 3. The van der Waals surface area contributed by atoms with Gasteiger partial charge in [0.15, 0.2) is 5.65 Å². The minimum Gasteiger partial charge on any atom is -0.481 e. The lowest BCUT2D eigenvalue weighted by Gasteiger charge is -2.18. The van der Waals surface area contributed by atoms with Crippen molar-refractivity contribution in [1.82, 2.24) is 14.1 Å². The van der Waals surface area contributed by atoms with E-state index in [2.05, 4.69) is 11.1 Å². The van der Waals surface area contributed by atoms with Crippen molar-refractivity contribution in [2.75, 3.05) is 7.11 Å². The predicted molar refractivity (Wildman–Crippen MR) is 102 cm³/mol. The molecule has 0 unspecified atom stereocenters. The molecule has 0 radical (unpaired) electrons. The van der Waals surface area contributed by atoms with Crippen molar-refractivity contribution in [2.45, 2.75) is 13.5 Å². The van der Waals surface area contributed by atoms with E-state index < -0.39 is 11.2 Å². The molecule has 0 saturated heterocycles. The quantitative estimate of drug-likeness (QED) is 0.739. The molecule has 0 atom stereocenters. The van der Waals surface area contributed by atoms with Gasteiger partial charge in [0, 0.05) is 37.3 Å². The van der Waals surface area contributed by atoms with E-state index in [0.29, 0.717) is 22.3 Å². The molecule has 0 aliphatic heterocycles. The van der Waals surface area contributed by atoms with Crippen LogP contribution < -0.4 is 21.7 Å². The maximum Gasteiger partial charge on any atom is 0.332 e. The van der Waals surface area contributed by atoms with E-state index in [1.165, 1.54) is 25.8 Å². The van der Waals surface area contributed by atoms with E-state index in [0.717, 1.165) is 10.1 Å². The summed E-state index contributed by atoms with van der Waals surface area (Å²) in [7, 11) is 4.37. The van der Waals surface area contributed by atoms with Crippen LogP contribution in [0.3, 0.4) is 0 Å². The molecule has 2 N–H and O–H groups in total. The number of hydrogen-bond donors (Lipinski definition) is 1. The number of nitriles is 1. The molecule has 0 spiro atoms. The van der Waals surface area contributed by atoms with Crippen LogP contribution in [-0.4, -0.2) is 21.2 Å². The first kappa shape index (κ1) is 18.4. The molecule has 0 aliphatic rings. The first-order valence-corrected chi connectivity index (χ1v) is 8.23. The largest absolute Gasteiger partial charge is 0.481 e. The molecular formula is C19H19N5O3. The zero-order valence-electron chi connectivity index (χ0n) is 15.5. The number of benzene rings is 1. The Morgan fingerprint density at radius 2 is 1.96 bits per heavy atom. The second kappa shape index (κ2) is 6.70. The Labute approximate surface area is 155 Å². The fourth-order valence-electron chi connectivity index (χ4n) is 3.23. The van der Waals surface area contributed by atoms with Gasteiger partial charge in [-0.1, -0.05) is 12.1 Å². The van der Waals surface area contributed by atoms with Crippen LogP contribution in [0.5, 0.6) is 5.88 Å². The average Bonchev–Trinajstić information content (AvgIpc) is 2.68. The van der Waals surface area contributed by atoms with Gasteiger partial charge < -0.3 is 10.5 Å². The number of methoxy groups -OCH3 is 1. The van der Waals surface area contributed by atoms with E-state index in [1.807, 2.05) is 13.0 Å². The molecule has 0 bridgehead atoms. The summed E-state index contributed by atoms with van der Waals surface area (Å²) in [5, 5.41) is 9.85. The Morgan fingerprint density at radius 3 is 2.56 bits per heavy atom. The van der Waals surface area contributed by atoms with Crippen LogP contribution in [0, 0.1) is 18.3 Å². The van der Waals surface area contributed by atoms with Crippen molar-refractivity contribution in [3.05, 3.63) is 55.7 Å². The van der Waals surface area contributed by atoms with Gasteiger partial charge in [-0.15, -0.1) is 0 Å². The molecule has 1 aromatic carbocycles. The van der Waals surface area contributed by atoms with Gasteiger partial charge in [0.05, 0.1) is 24.1 Å². The number of aryl methyl sites for hydroxylation is 2. The predicted octanol–water partition coefficient (Wildman–Crippen LogP) is 0.947. The summed E-state index contributed by atoms with van der Waals surface area (Å²) < 4.78 is 7.67. The molecule has 0 aliphatic carbocycles. The molecule has 0 fully saturated rings. The van der Waals surface area contributed by atoms with Gasteiger partial charge in [-0.25, -0.2) is 4.79 Å². The Kier molecular flexibility index (Phi) is 4.56. The van der Waals surface area contributed by atoms with E-state index in [4.69, 9.17) is 10.5 Å². The second-order valence-corrected chi connectivity index (χ2v) is 6.24. The van der Waals surface area contributed by atoms with Gasteiger partial charge in [0.2, 0.25) is 5.88 Å². The van der Waals surface area contributed by atoms with Crippen LogP contribution >= 0.6 is 0 Å². The summed E-state index contributed by atoms with van der Waals surface area (Å²) >= 11 is 0. The van der Waals surface area contributed by atoms with Crippen LogP contribution in [0.15, 0.2) is 27.8 Å². The van der Waals surface area contributed by atoms with Crippen LogP contribution in [0.25, 0.3) is 22.2 Å². The minimum atomic E-state index is -0.502. The number of nitrogens with two attached hydrogens (primary N) is 1. The second-order valence-electron chi connectivity index (χ2n) is 6.24. The lowest BCUT2D eigenvalue weighted by molar-refractivity contribution is 0.394. The fourth-order valence-corrected chi connectivity index (χ4v) is 3.23. The fraction of sp³-hybridized carbons (Fsp3) is 0.263. The van der Waals surface area contributed by atoms with Crippen LogP contribution in [0.4, 0.5) is 0 Å². The highest BCUT2D eigenvalue weighted by Gasteiger charge is 2.23. The monoisotopic (exact) mass is 365 g/mol. The van der Waals surface area contributed by atoms with Crippen LogP contribution in [0.2, 0.25) is 0 Å². The molecule has 138 valence electrons. The number of fused-ring (bicyclic) bond motifs is 1. The summed E-state index contributed by atoms with van der Waals surface area (Å²) in [6.45, 7) is 1.93. The van der Waals surface area contributed by atoms with Crippen molar-refractivity contribution < 1.29 is 4.74 Å². The van der Waals surface area contributed by atoms with E-state index in [-0.39, 0.29) is 23.5 Å². The maximum atomic E-state index is 13.0. The molecule has 2 aromatic heterocycles. The number of ether oxygens (including phenoxy) is 1. The van der Waals surface area contributed by atoms with E-state index in [9.17, 15) is 14.9 Å². The Bertz CT molecular complexity index is 1230. The first-order chi connectivity index (χ1) is 12.8. The van der Waals surface area contributed by atoms with Gasteiger partial charge in [-0.3, -0.25) is 13.9 Å². The summed E-state index contributed by atoms with van der Waals surface area (Å²) in [5.74, 6) is 0.215. The van der Waals surface area contributed by atoms with E-state index in [1.54, 1.807) is 12.1 Å². The summed E-state index contributed by atoms with van der Waals surface area (Å²) in [4.78, 5) is 29.7. The highest BCUT2D eigenvalue weighted by molar-refractivity contribution is 5.96. The lowest BCUT2D eigenvalue weighted by atomic mass is 9.93. The Hall–Kier alpha value is -3.44. The highest BCUT2D eigenvalue weighted by atomic mass is 16.5. The zero-order chi connectivity index (χ0) is 19.9. The summed E-state index contributed by atoms with van der Waals surface area (Å²) in [6.07, 6.45) is 0. The third kappa shape index (κ3) is 2.69. The standard InChI is InChI=1S/C19H19N5O3/c1-10-5-6-12(11(7-10)8-20)14-13(9-21)17(27-4)22-16-15(14)18(25)24(3)19(26)23(16)2/h5-7H,9,21H2,1-4H3. The molecule has 3 aromatic rings. The average molecular weight is 365 g/mol. The van der Waals surface area contributed by atoms with Crippen LogP contribution in [0.1, 0.15) is 16.7 Å². The summed E-state index contributed by atoms with van der Waals surface area (Å²) in [5.41, 5.74) is 7.95. The third-order valence-corrected chi connectivity index (χ3v) is 4.61. The lowest BCUT2D eigenvalue weighted by Crippen LogP contribution is -2.37. The number of aromatic nitrogens is 3. The molecule has 8 nitrogen and oxygen atoms in total. The topological polar surface area (TPSA) is 116 Å². The van der Waals surface area contributed by atoms with Crippen molar-refractivity contribution in [1.29, 1.82) is 5.26 Å². The van der Waals surface area contributed by atoms with E-state index >= 15 is 0 Å². The van der Waals surface area contributed by atoms with Crippen LogP contribution in [-0.2, 0) is 20.6 Å². The van der Waals surface area contributed by atoms with Crippen molar-refractivity contribution in [3.63, 3.8) is 0 Å². The molecule has 2 heterocycles. The highest BCUT2D eigenvalue weighted by Crippen LogP contribution is 2.36. The Morgan fingerprint density at radius 1 is 1.26 bits per heavy atom. The number of hydrogen-bond acceptors (Lipinski definition) is 6. The maximum absolute atomic E-state index is 13.0. The van der Waals surface area contributed by atoms with Gasteiger partial charge in [0.1, 0.15) is 0 Å². The van der Waals surface area contributed by atoms with Crippen molar-refractivity contribution in [2.24, 2.45) is 19.8 Å². The van der Waals surface area contributed by atoms with Gasteiger partial charge in [-0.05, 0) is 18.6 Å². The first-order valence-electron chi connectivity index (χ1n) is 8.23. The minimum absolute atomic E-state index is 0.0478. The molecule has 0 saturated carbocycles. The van der Waals surface area contributed by atoms with Crippen molar-refractivity contribution >= 4 is 11.0 Å². The molecular weight excluding hydrogens is 346 g/mol. The smallest absolute Gasteiger partial charge is 0.332 e. The Balaban J connectivity index is 2.68. The zero-order valence-corrected chi connectivity index (χ0v) is 15.5. The SMILES string of the molecule is COc1nc2c(c(-c3ccc(C)cc3C#N)c1CN)c(=O)n(C)c(=O)n2C. The molecule has 3 rings (SSSR count). The third-order valence-electron chi connectivity index (χ3n) is 4.61. The van der Waals surface area contributed by atoms with Gasteiger partial charge in [-0.2, -0.15) is 10.2 Å². The molecule has 27 heavy (non-hydrogen) atoms.